The number of ether oxygens (including phenoxy) is 1. The third kappa shape index (κ3) is 2.06. The van der Waals surface area contributed by atoms with Crippen molar-refractivity contribution in [2.75, 3.05) is 7.11 Å². The maximum Gasteiger partial charge on any atom is 0.137 e. The Bertz CT molecular complexity index is 326. The van der Waals surface area contributed by atoms with E-state index in [1.807, 2.05) is 0 Å². The van der Waals surface area contributed by atoms with Crippen LogP contribution < -0.4 is 4.74 Å². The topological polar surface area (TPSA) is 26.3 Å². The predicted molar refractivity (Wildman–Crippen MR) is 50.4 cm³/mol. The Morgan fingerprint density at radius 2 is 2.31 bits per heavy atom. The van der Waals surface area contributed by atoms with Crippen molar-refractivity contribution in [3.8, 4) is 5.75 Å². The van der Waals surface area contributed by atoms with Crippen LogP contribution in [0.2, 0.25) is 0 Å². The largest absolute Gasteiger partial charge is 0.496 e. The highest BCUT2D eigenvalue weighted by Crippen LogP contribution is 2.29. The van der Waals surface area contributed by atoms with Gasteiger partial charge in [-0.25, -0.2) is 4.39 Å². The van der Waals surface area contributed by atoms with Gasteiger partial charge in [0.05, 0.1) is 11.6 Å². The molecule has 2 nitrogen and oxygen atoms in total. The van der Waals surface area contributed by atoms with Crippen molar-refractivity contribution in [1.29, 1.82) is 0 Å². The fourth-order valence-corrected chi connectivity index (χ4v) is 1.53. The van der Waals surface area contributed by atoms with Gasteiger partial charge in [-0.15, -0.1) is 0 Å². The molecule has 0 saturated heterocycles. The lowest BCUT2D eigenvalue weighted by atomic mass is 10.1. The standard InChI is InChI=1S/C9H8BrFO2/c1-13-8-3-2-7(11)9(10)6(8)4-5-12/h2-3,5H,4H2,1H3. The summed E-state index contributed by atoms with van der Waals surface area (Å²) in [5, 5.41) is 0. The molecule has 1 rings (SSSR count). The Labute approximate surface area is 83.8 Å². The number of aldehydes is 1. The first-order chi connectivity index (χ1) is 6.20. The molecule has 0 spiro atoms. The SMILES string of the molecule is COc1ccc(F)c(Br)c1CC=O. The van der Waals surface area contributed by atoms with Gasteiger partial charge in [0, 0.05) is 12.0 Å². The third-order valence-electron chi connectivity index (χ3n) is 1.66. The zero-order valence-electron chi connectivity index (χ0n) is 7.01. The van der Waals surface area contributed by atoms with Gasteiger partial charge in [0.2, 0.25) is 0 Å². The molecule has 4 heteroatoms. The monoisotopic (exact) mass is 246 g/mol. The molecule has 0 saturated carbocycles. The van der Waals surface area contributed by atoms with E-state index >= 15 is 0 Å². The Morgan fingerprint density at radius 1 is 1.62 bits per heavy atom. The Kier molecular flexibility index (Phi) is 3.42. The van der Waals surface area contributed by atoms with Crippen LogP contribution in [-0.2, 0) is 11.2 Å². The number of carbonyl (C=O) groups is 1. The summed E-state index contributed by atoms with van der Waals surface area (Å²) in [6.45, 7) is 0. The van der Waals surface area contributed by atoms with Crippen LogP contribution in [0, 0.1) is 5.82 Å². The van der Waals surface area contributed by atoms with E-state index in [0.717, 1.165) is 0 Å². The first-order valence-electron chi connectivity index (χ1n) is 3.65. The summed E-state index contributed by atoms with van der Waals surface area (Å²) in [5.74, 6) is 0.123. The summed E-state index contributed by atoms with van der Waals surface area (Å²) in [6, 6.07) is 2.79. The summed E-state index contributed by atoms with van der Waals surface area (Å²) in [5.41, 5.74) is 0.539. The number of rotatable bonds is 3. The lowest BCUT2D eigenvalue weighted by Crippen LogP contribution is -1.96. The predicted octanol–water partition coefficient (Wildman–Crippen LogP) is 2.34. The van der Waals surface area contributed by atoms with Crippen LogP contribution >= 0.6 is 15.9 Å². The smallest absolute Gasteiger partial charge is 0.137 e. The average Bonchev–Trinajstić information content (AvgIpc) is 2.14. The van der Waals surface area contributed by atoms with Crippen molar-refractivity contribution in [3.63, 3.8) is 0 Å². The first-order valence-corrected chi connectivity index (χ1v) is 4.44. The van der Waals surface area contributed by atoms with Gasteiger partial charge in [-0.3, -0.25) is 0 Å². The Hall–Kier alpha value is -0.900. The number of hydrogen-bond acceptors (Lipinski definition) is 2. The van der Waals surface area contributed by atoms with Gasteiger partial charge in [-0.2, -0.15) is 0 Å². The first kappa shape index (κ1) is 10.2. The van der Waals surface area contributed by atoms with Crippen molar-refractivity contribution >= 4 is 22.2 Å². The second-order valence-corrected chi connectivity index (χ2v) is 3.21. The molecule has 0 N–H and O–H groups in total. The molecule has 70 valence electrons. The van der Waals surface area contributed by atoms with E-state index in [4.69, 9.17) is 4.74 Å². The lowest BCUT2D eigenvalue weighted by Gasteiger charge is -2.08. The molecule has 0 bridgehead atoms. The second-order valence-electron chi connectivity index (χ2n) is 2.41. The minimum atomic E-state index is -0.391. The summed E-state index contributed by atoms with van der Waals surface area (Å²) < 4.78 is 18.3. The molecule has 0 unspecified atom stereocenters. The van der Waals surface area contributed by atoms with Gasteiger partial charge in [0.15, 0.2) is 0 Å². The maximum atomic E-state index is 13.0. The van der Waals surface area contributed by atoms with Gasteiger partial charge >= 0.3 is 0 Å². The van der Waals surface area contributed by atoms with Crippen LogP contribution in [0.5, 0.6) is 5.75 Å². The summed E-state index contributed by atoms with van der Waals surface area (Å²) in [4.78, 5) is 10.3. The Morgan fingerprint density at radius 3 is 2.85 bits per heavy atom. The maximum absolute atomic E-state index is 13.0. The normalized spacial score (nSPS) is 9.77. The zero-order valence-corrected chi connectivity index (χ0v) is 8.60. The fraction of sp³-hybridized carbons (Fsp3) is 0.222. The molecule has 0 heterocycles. The van der Waals surface area contributed by atoms with Crippen molar-refractivity contribution in [1.82, 2.24) is 0 Å². The molecule has 13 heavy (non-hydrogen) atoms. The van der Waals surface area contributed by atoms with E-state index in [2.05, 4.69) is 15.9 Å². The van der Waals surface area contributed by atoms with Gasteiger partial charge in [0.25, 0.3) is 0 Å². The number of carbonyl (C=O) groups excluding carboxylic acids is 1. The average molecular weight is 247 g/mol. The van der Waals surface area contributed by atoms with Crippen molar-refractivity contribution in [2.24, 2.45) is 0 Å². The minimum absolute atomic E-state index is 0.140. The highest BCUT2D eigenvalue weighted by atomic mass is 79.9. The third-order valence-corrected chi connectivity index (χ3v) is 2.52. The highest BCUT2D eigenvalue weighted by Gasteiger charge is 2.10. The molecule has 1 aromatic carbocycles. The molecule has 0 amide bonds. The van der Waals surface area contributed by atoms with E-state index in [0.29, 0.717) is 22.1 Å². The Balaban J connectivity index is 3.23. The molecule has 0 aliphatic heterocycles. The molecule has 0 aliphatic carbocycles. The fourth-order valence-electron chi connectivity index (χ4n) is 1.04. The van der Waals surface area contributed by atoms with Gasteiger partial charge in [-0.05, 0) is 28.1 Å². The zero-order chi connectivity index (χ0) is 9.84. The van der Waals surface area contributed by atoms with E-state index < -0.39 is 5.82 Å². The number of benzene rings is 1. The summed E-state index contributed by atoms with van der Waals surface area (Å²) in [6.07, 6.45) is 0.851. The molecule has 0 fully saturated rings. The van der Waals surface area contributed by atoms with Crippen molar-refractivity contribution in [2.45, 2.75) is 6.42 Å². The van der Waals surface area contributed by atoms with E-state index in [-0.39, 0.29) is 6.42 Å². The van der Waals surface area contributed by atoms with E-state index in [1.54, 1.807) is 0 Å². The van der Waals surface area contributed by atoms with Crippen LogP contribution in [0.25, 0.3) is 0 Å². The molecular weight excluding hydrogens is 239 g/mol. The van der Waals surface area contributed by atoms with E-state index in [1.165, 1.54) is 19.2 Å². The number of hydrogen-bond donors (Lipinski definition) is 0. The minimum Gasteiger partial charge on any atom is -0.496 e. The number of methoxy groups -OCH3 is 1. The summed E-state index contributed by atoms with van der Waals surface area (Å²) >= 11 is 3.06. The highest BCUT2D eigenvalue weighted by molar-refractivity contribution is 9.10. The van der Waals surface area contributed by atoms with Gasteiger partial charge < -0.3 is 9.53 Å². The van der Waals surface area contributed by atoms with Gasteiger partial charge in [0.1, 0.15) is 17.9 Å². The van der Waals surface area contributed by atoms with Crippen LogP contribution in [-0.4, -0.2) is 13.4 Å². The van der Waals surface area contributed by atoms with Gasteiger partial charge in [-0.1, -0.05) is 0 Å². The second kappa shape index (κ2) is 4.37. The number of halogens is 2. The van der Waals surface area contributed by atoms with E-state index in [9.17, 15) is 9.18 Å². The van der Waals surface area contributed by atoms with Crippen molar-refractivity contribution in [3.05, 3.63) is 28.0 Å². The molecule has 0 aliphatic rings. The lowest BCUT2D eigenvalue weighted by molar-refractivity contribution is -0.107. The van der Waals surface area contributed by atoms with Crippen molar-refractivity contribution < 1.29 is 13.9 Å². The van der Waals surface area contributed by atoms with Crippen LogP contribution in [0.15, 0.2) is 16.6 Å². The molecule has 0 atom stereocenters. The quantitative estimate of drug-likeness (QED) is 0.766. The van der Waals surface area contributed by atoms with Crippen LogP contribution in [0.3, 0.4) is 0 Å². The molecule has 0 radical (unpaired) electrons. The van der Waals surface area contributed by atoms with Crippen LogP contribution in [0.1, 0.15) is 5.56 Å². The molecule has 1 aromatic rings. The molecule has 0 aromatic heterocycles. The summed E-state index contributed by atoms with van der Waals surface area (Å²) in [7, 11) is 1.48. The van der Waals surface area contributed by atoms with Crippen LogP contribution in [0.4, 0.5) is 4.39 Å². The molecular formula is C9H8BrFO2.